The van der Waals surface area contributed by atoms with Crippen LogP contribution < -0.4 is 4.74 Å². The highest BCUT2D eigenvalue weighted by atomic mass is 16.5. The summed E-state index contributed by atoms with van der Waals surface area (Å²) in [7, 11) is 0. The fourth-order valence-electron chi connectivity index (χ4n) is 2.86. The number of ether oxygens (including phenoxy) is 1. The minimum Gasteiger partial charge on any atom is -0.507 e. The third-order valence-electron chi connectivity index (χ3n) is 4.45. The van der Waals surface area contributed by atoms with Gasteiger partial charge in [-0.05, 0) is 41.7 Å². The van der Waals surface area contributed by atoms with Gasteiger partial charge in [-0.1, -0.05) is 38.1 Å². The lowest BCUT2D eigenvalue weighted by atomic mass is 9.79. The first-order chi connectivity index (χ1) is 11.4. The van der Waals surface area contributed by atoms with Crippen LogP contribution in [0.25, 0.3) is 12.2 Å². The fraction of sp³-hybridized carbons (Fsp3) is 0.250. The number of benzene rings is 2. The van der Waals surface area contributed by atoms with Gasteiger partial charge in [0.1, 0.15) is 11.5 Å². The molecule has 1 aliphatic heterocycles. The Kier molecular flexibility index (Phi) is 4.06. The van der Waals surface area contributed by atoms with Crippen molar-refractivity contribution in [2.45, 2.75) is 25.7 Å². The van der Waals surface area contributed by atoms with Crippen molar-refractivity contribution in [2.75, 3.05) is 6.61 Å². The van der Waals surface area contributed by atoms with Gasteiger partial charge >= 0.3 is 5.97 Å². The van der Waals surface area contributed by atoms with Crippen LogP contribution in [0.5, 0.6) is 11.5 Å². The molecule has 0 unspecified atom stereocenters. The molecule has 0 aliphatic carbocycles. The number of phenols is 1. The second-order valence-corrected chi connectivity index (χ2v) is 6.65. The zero-order valence-electron chi connectivity index (χ0n) is 13.7. The Hall–Kier alpha value is -2.75. The van der Waals surface area contributed by atoms with Gasteiger partial charge in [0.15, 0.2) is 0 Å². The number of aromatic hydroxyl groups is 1. The van der Waals surface area contributed by atoms with E-state index in [2.05, 4.69) is 19.9 Å². The maximum absolute atomic E-state index is 10.9. The van der Waals surface area contributed by atoms with Gasteiger partial charge < -0.3 is 14.9 Å². The van der Waals surface area contributed by atoms with E-state index in [1.807, 2.05) is 18.2 Å². The van der Waals surface area contributed by atoms with Crippen LogP contribution in [0.2, 0.25) is 0 Å². The Bertz CT molecular complexity index is 818. The van der Waals surface area contributed by atoms with E-state index >= 15 is 0 Å². The van der Waals surface area contributed by atoms with E-state index in [4.69, 9.17) is 9.84 Å². The quantitative estimate of drug-likeness (QED) is 0.825. The molecule has 24 heavy (non-hydrogen) atoms. The summed E-state index contributed by atoms with van der Waals surface area (Å²) in [5, 5.41) is 18.9. The summed E-state index contributed by atoms with van der Waals surface area (Å²) in [6.45, 7) is 5.15. The van der Waals surface area contributed by atoms with Crippen LogP contribution in [0.1, 0.15) is 47.3 Å². The zero-order chi connectivity index (χ0) is 17.3. The summed E-state index contributed by atoms with van der Waals surface area (Å²) < 4.78 is 5.71. The molecule has 0 saturated carbocycles. The number of phenolic OH excluding ortho intramolecular Hbond substituents is 1. The van der Waals surface area contributed by atoms with Crippen LogP contribution in [0.4, 0.5) is 0 Å². The Morgan fingerprint density at radius 2 is 1.96 bits per heavy atom. The fourth-order valence-corrected chi connectivity index (χ4v) is 2.86. The van der Waals surface area contributed by atoms with E-state index in [9.17, 15) is 9.90 Å². The number of carboxylic acids is 1. The summed E-state index contributed by atoms with van der Waals surface area (Å²) >= 11 is 0. The number of hydrogen-bond acceptors (Lipinski definition) is 3. The highest BCUT2D eigenvalue weighted by Gasteiger charge is 2.28. The molecule has 2 aromatic rings. The lowest BCUT2D eigenvalue weighted by Crippen LogP contribution is -2.26. The zero-order valence-corrected chi connectivity index (χ0v) is 13.7. The highest BCUT2D eigenvalue weighted by Crippen LogP contribution is 2.39. The Labute approximate surface area is 141 Å². The van der Waals surface area contributed by atoms with Crippen molar-refractivity contribution in [1.82, 2.24) is 0 Å². The summed E-state index contributed by atoms with van der Waals surface area (Å²) in [4.78, 5) is 10.9. The van der Waals surface area contributed by atoms with Gasteiger partial charge in [0.25, 0.3) is 0 Å². The first-order valence-electron chi connectivity index (χ1n) is 7.88. The van der Waals surface area contributed by atoms with Gasteiger partial charge in [-0.2, -0.15) is 0 Å². The molecular formula is C20H20O4. The first kappa shape index (κ1) is 16.1. The number of carboxylic acid groups (broad SMARTS) is 1. The van der Waals surface area contributed by atoms with E-state index < -0.39 is 5.97 Å². The molecule has 4 heteroatoms. The van der Waals surface area contributed by atoms with Gasteiger partial charge in [-0.3, -0.25) is 0 Å². The van der Waals surface area contributed by atoms with Crippen molar-refractivity contribution in [3.63, 3.8) is 0 Å². The van der Waals surface area contributed by atoms with Gasteiger partial charge in [0.2, 0.25) is 0 Å². The predicted molar refractivity (Wildman–Crippen MR) is 93.6 cm³/mol. The average molecular weight is 324 g/mol. The largest absolute Gasteiger partial charge is 0.507 e. The normalized spacial score (nSPS) is 15.8. The Morgan fingerprint density at radius 1 is 1.17 bits per heavy atom. The van der Waals surface area contributed by atoms with Crippen molar-refractivity contribution in [1.29, 1.82) is 0 Å². The molecule has 124 valence electrons. The summed E-state index contributed by atoms with van der Waals surface area (Å²) in [5.74, 6) is -0.178. The van der Waals surface area contributed by atoms with Crippen molar-refractivity contribution in [3.05, 3.63) is 58.7 Å². The van der Waals surface area contributed by atoms with Crippen molar-refractivity contribution in [3.8, 4) is 11.5 Å². The molecule has 0 saturated heterocycles. The number of aromatic carboxylic acids is 1. The molecule has 0 spiro atoms. The van der Waals surface area contributed by atoms with Crippen LogP contribution in [0, 0.1) is 0 Å². The lowest BCUT2D eigenvalue weighted by Gasteiger charge is -2.32. The smallest absolute Gasteiger partial charge is 0.335 e. The van der Waals surface area contributed by atoms with Crippen molar-refractivity contribution >= 4 is 18.1 Å². The molecule has 1 heterocycles. The molecule has 1 aliphatic rings. The lowest BCUT2D eigenvalue weighted by molar-refractivity contribution is 0.0696. The van der Waals surface area contributed by atoms with Gasteiger partial charge in [-0.15, -0.1) is 0 Å². The second kappa shape index (κ2) is 6.04. The Morgan fingerprint density at radius 3 is 2.67 bits per heavy atom. The standard InChI is InChI=1S/C20H20O4/c1-20(2)9-10-24-18-8-4-13(11-16(18)20)3-5-14-6-7-15(19(22)23)12-17(14)21/h3-8,11-12,21H,9-10H2,1-2H3,(H,22,23)/b5-3+. The van der Waals surface area contributed by atoms with Gasteiger partial charge in [0.05, 0.1) is 12.2 Å². The second-order valence-electron chi connectivity index (χ2n) is 6.65. The molecule has 0 aromatic heterocycles. The minimum atomic E-state index is -1.06. The summed E-state index contributed by atoms with van der Waals surface area (Å²) in [6.07, 6.45) is 4.66. The third kappa shape index (κ3) is 3.13. The summed E-state index contributed by atoms with van der Waals surface area (Å²) in [5.41, 5.74) is 2.91. The molecule has 3 rings (SSSR count). The molecule has 2 N–H and O–H groups in total. The monoisotopic (exact) mass is 324 g/mol. The summed E-state index contributed by atoms with van der Waals surface area (Å²) in [6, 6.07) is 10.4. The van der Waals surface area contributed by atoms with E-state index in [1.54, 1.807) is 12.1 Å². The molecule has 4 nitrogen and oxygen atoms in total. The Balaban J connectivity index is 1.89. The predicted octanol–water partition coefficient (Wildman–Crippen LogP) is 4.32. The minimum absolute atomic E-state index is 0.0484. The topological polar surface area (TPSA) is 66.8 Å². The van der Waals surface area contributed by atoms with E-state index in [-0.39, 0.29) is 16.7 Å². The number of hydrogen-bond donors (Lipinski definition) is 2. The van der Waals surface area contributed by atoms with Crippen molar-refractivity contribution < 1.29 is 19.7 Å². The maximum Gasteiger partial charge on any atom is 0.335 e. The highest BCUT2D eigenvalue weighted by molar-refractivity contribution is 5.89. The maximum atomic E-state index is 10.9. The van der Waals surface area contributed by atoms with Crippen molar-refractivity contribution in [2.24, 2.45) is 0 Å². The van der Waals surface area contributed by atoms with E-state index in [1.165, 1.54) is 17.7 Å². The molecule has 0 atom stereocenters. The molecule has 0 radical (unpaired) electrons. The molecule has 0 amide bonds. The molecule has 2 aromatic carbocycles. The van der Waals surface area contributed by atoms with E-state index in [0.717, 1.165) is 24.3 Å². The van der Waals surface area contributed by atoms with E-state index in [0.29, 0.717) is 5.56 Å². The van der Waals surface area contributed by atoms with Crippen LogP contribution in [0.3, 0.4) is 0 Å². The van der Waals surface area contributed by atoms with Crippen LogP contribution >= 0.6 is 0 Å². The number of fused-ring (bicyclic) bond motifs is 1. The van der Waals surface area contributed by atoms with Crippen LogP contribution in [-0.2, 0) is 5.41 Å². The van der Waals surface area contributed by atoms with Crippen LogP contribution in [-0.4, -0.2) is 22.8 Å². The molecule has 0 fully saturated rings. The van der Waals surface area contributed by atoms with Gasteiger partial charge in [0, 0.05) is 11.1 Å². The first-order valence-corrected chi connectivity index (χ1v) is 7.88. The molecule has 0 bridgehead atoms. The molecular weight excluding hydrogens is 304 g/mol. The number of carbonyl (C=O) groups is 1. The number of rotatable bonds is 3. The third-order valence-corrected chi connectivity index (χ3v) is 4.45. The SMILES string of the molecule is CC1(C)CCOc2ccc(/C=C/c3ccc(C(=O)O)cc3O)cc21. The average Bonchev–Trinajstić information content (AvgIpc) is 2.53. The van der Waals surface area contributed by atoms with Crippen LogP contribution in [0.15, 0.2) is 36.4 Å². The van der Waals surface area contributed by atoms with Gasteiger partial charge in [-0.25, -0.2) is 4.79 Å².